The molecule has 1 amide bonds. The highest BCUT2D eigenvalue weighted by Crippen LogP contribution is 2.31. The van der Waals surface area contributed by atoms with Gasteiger partial charge in [-0.25, -0.2) is 9.37 Å². The van der Waals surface area contributed by atoms with Crippen LogP contribution in [0.5, 0.6) is 0 Å². The maximum atomic E-state index is 13.5. The van der Waals surface area contributed by atoms with Crippen molar-refractivity contribution >= 4 is 16.9 Å². The number of amides is 1. The van der Waals surface area contributed by atoms with E-state index in [1.54, 1.807) is 18.2 Å². The number of aromatic nitrogens is 3. The second-order valence-corrected chi connectivity index (χ2v) is 8.39. The van der Waals surface area contributed by atoms with E-state index in [2.05, 4.69) is 15.5 Å². The van der Waals surface area contributed by atoms with Gasteiger partial charge in [-0.1, -0.05) is 59.7 Å². The third kappa shape index (κ3) is 4.30. The number of aryl methyl sites for hydroxylation is 2. The van der Waals surface area contributed by atoms with Crippen molar-refractivity contribution < 1.29 is 9.18 Å². The van der Waals surface area contributed by atoms with Gasteiger partial charge in [0, 0.05) is 17.7 Å². The first-order chi connectivity index (χ1) is 16.5. The van der Waals surface area contributed by atoms with Gasteiger partial charge in [0.25, 0.3) is 5.91 Å². The number of hydrogen-bond acceptors (Lipinski definition) is 3. The number of fused-ring (bicyclic) bond motifs is 1. The summed E-state index contributed by atoms with van der Waals surface area (Å²) in [5.41, 5.74) is 7.10. The van der Waals surface area contributed by atoms with Crippen molar-refractivity contribution in [2.24, 2.45) is 0 Å². The summed E-state index contributed by atoms with van der Waals surface area (Å²) >= 11 is 0. The largest absolute Gasteiger partial charge is 0.348 e. The molecule has 3 aromatic carbocycles. The van der Waals surface area contributed by atoms with Crippen molar-refractivity contribution in [1.82, 2.24) is 20.5 Å². The lowest BCUT2D eigenvalue weighted by Crippen LogP contribution is -2.23. The average Bonchev–Trinajstić information content (AvgIpc) is 3.28. The molecule has 5 rings (SSSR count). The molecule has 2 N–H and O–H groups in total. The number of pyridine rings is 1. The molecule has 168 valence electrons. The van der Waals surface area contributed by atoms with Gasteiger partial charge in [-0.15, -0.1) is 0 Å². The number of aromatic amines is 1. The van der Waals surface area contributed by atoms with Crippen molar-refractivity contribution in [2.75, 3.05) is 0 Å². The number of hydrogen-bond donors (Lipinski definition) is 2. The number of carbonyl (C=O) groups excluding carboxylic acids is 1. The summed E-state index contributed by atoms with van der Waals surface area (Å²) in [7, 11) is 0. The van der Waals surface area contributed by atoms with Crippen LogP contribution in [0.2, 0.25) is 0 Å². The van der Waals surface area contributed by atoms with Gasteiger partial charge in [0.1, 0.15) is 5.82 Å². The second-order valence-electron chi connectivity index (χ2n) is 8.39. The SMILES string of the molecule is Cc1ccc(CNC(=O)c2cc(-c3ccc(C)cc3)nc3n[nH]c(-c4ccc(F)cc4)c23)cc1. The fourth-order valence-electron chi connectivity index (χ4n) is 3.88. The zero-order valence-corrected chi connectivity index (χ0v) is 18.9. The van der Waals surface area contributed by atoms with E-state index in [1.807, 2.05) is 62.4 Å². The summed E-state index contributed by atoms with van der Waals surface area (Å²) in [6.45, 7) is 4.44. The monoisotopic (exact) mass is 450 g/mol. The highest BCUT2D eigenvalue weighted by molar-refractivity contribution is 6.10. The van der Waals surface area contributed by atoms with Crippen LogP contribution >= 0.6 is 0 Å². The van der Waals surface area contributed by atoms with Gasteiger partial charge in [-0.05, 0) is 49.7 Å². The Morgan fingerprint density at radius 3 is 2.18 bits per heavy atom. The molecule has 34 heavy (non-hydrogen) atoms. The average molecular weight is 451 g/mol. The summed E-state index contributed by atoms with van der Waals surface area (Å²) in [5.74, 6) is -0.561. The predicted molar refractivity (Wildman–Crippen MR) is 132 cm³/mol. The first kappa shape index (κ1) is 21.5. The maximum absolute atomic E-state index is 13.5. The van der Waals surface area contributed by atoms with Crippen molar-refractivity contribution in [2.45, 2.75) is 20.4 Å². The van der Waals surface area contributed by atoms with E-state index in [1.165, 1.54) is 12.1 Å². The van der Waals surface area contributed by atoms with E-state index >= 15 is 0 Å². The molecule has 0 aliphatic rings. The Balaban J connectivity index is 1.60. The van der Waals surface area contributed by atoms with Crippen LogP contribution in [0.3, 0.4) is 0 Å². The number of benzene rings is 3. The lowest BCUT2D eigenvalue weighted by atomic mass is 10.0. The fourth-order valence-corrected chi connectivity index (χ4v) is 3.88. The molecule has 0 saturated carbocycles. The predicted octanol–water partition coefficient (Wildman–Crippen LogP) is 5.98. The molecule has 0 atom stereocenters. The molecule has 2 heterocycles. The van der Waals surface area contributed by atoms with Crippen molar-refractivity contribution in [1.29, 1.82) is 0 Å². The normalized spacial score (nSPS) is 11.0. The molecule has 0 radical (unpaired) electrons. The Morgan fingerprint density at radius 1 is 0.882 bits per heavy atom. The van der Waals surface area contributed by atoms with Crippen molar-refractivity contribution in [3.05, 3.63) is 107 Å². The second kappa shape index (κ2) is 8.90. The molecule has 5 nitrogen and oxygen atoms in total. The third-order valence-corrected chi connectivity index (χ3v) is 5.82. The van der Waals surface area contributed by atoms with E-state index in [0.29, 0.717) is 34.5 Å². The van der Waals surface area contributed by atoms with Crippen LogP contribution in [0.25, 0.3) is 33.5 Å². The molecule has 5 aromatic rings. The zero-order valence-electron chi connectivity index (χ0n) is 18.9. The Bertz CT molecular complexity index is 1470. The molecular formula is C28H23FN4O. The quantitative estimate of drug-likeness (QED) is 0.346. The highest BCUT2D eigenvalue weighted by Gasteiger charge is 2.20. The molecule has 0 bridgehead atoms. The third-order valence-electron chi connectivity index (χ3n) is 5.82. The minimum Gasteiger partial charge on any atom is -0.348 e. The van der Waals surface area contributed by atoms with E-state index in [9.17, 15) is 9.18 Å². The van der Waals surface area contributed by atoms with Gasteiger partial charge in [-0.3, -0.25) is 9.89 Å². The summed E-state index contributed by atoms with van der Waals surface area (Å²) in [6.07, 6.45) is 0. The lowest BCUT2D eigenvalue weighted by Gasteiger charge is -2.10. The van der Waals surface area contributed by atoms with Crippen LogP contribution in [0.4, 0.5) is 4.39 Å². The van der Waals surface area contributed by atoms with Crippen LogP contribution in [-0.4, -0.2) is 21.1 Å². The fraction of sp³-hybridized carbons (Fsp3) is 0.107. The van der Waals surface area contributed by atoms with Gasteiger partial charge in [0.15, 0.2) is 5.65 Å². The highest BCUT2D eigenvalue weighted by atomic mass is 19.1. The first-order valence-corrected chi connectivity index (χ1v) is 11.0. The number of rotatable bonds is 5. The Hall–Kier alpha value is -4.32. The van der Waals surface area contributed by atoms with Gasteiger partial charge in [0.2, 0.25) is 0 Å². The molecule has 6 heteroatoms. The van der Waals surface area contributed by atoms with E-state index in [-0.39, 0.29) is 11.7 Å². The van der Waals surface area contributed by atoms with Gasteiger partial charge >= 0.3 is 0 Å². The lowest BCUT2D eigenvalue weighted by molar-refractivity contribution is 0.0952. The van der Waals surface area contributed by atoms with E-state index in [4.69, 9.17) is 4.98 Å². The molecule has 0 spiro atoms. The molecule has 0 aliphatic carbocycles. The number of carbonyl (C=O) groups is 1. The molecule has 0 unspecified atom stereocenters. The van der Waals surface area contributed by atoms with Crippen LogP contribution in [0.1, 0.15) is 27.0 Å². The topological polar surface area (TPSA) is 70.7 Å². The summed E-state index contributed by atoms with van der Waals surface area (Å²) < 4.78 is 13.5. The maximum Gasteiger partial charge on any atom is 0.252 e. The zero-order chi connectivity index (χ0) is 23.7. The number of nitrogens with one attached hydrogen (secondary N) is 2. The smallest absolute Gasteiger partial charge is 0.252 e. The molecule has 0 aliphatic heterocycles. The minimum atomic E-state index is -0.330. The molecular weight excluding hydrogens is 427 g/mol. The molecule has 0 saturated heterocycles. The minimum absolute atomic E-state index is 0.230. The van der Waals surface area contributed by atoms with Crippen molar-refractivity contribution in [3.63, 3.8) is 0 Å². The summed E-state index contributed by atoms with van der Waals surface area (Å²) in [4.78, 5) is 18.1. The van der Waals surface area contributed by atoms with Crippen LogP contribution in [-0.2, 0) is 6.54 Å². The Kier molecular flexibility index (Phi) is 5.64. The summed E-state index contributed by atoms with van der Waals surface area (Å²) in [6, 6.07) is 23.9. The molecule has 0 fully saturated rings. The number of H-pyrrole nitrogens is 1. The molecule has 2 aromatic heterocycles. The first-order valence-electron chi connectivity index (χ1n) is 11.0. The van der Waals surface area contributed by atoms with Gasteiger partial charge < -0.3 is 5.32 Å². The number of halogens is 1. The summed E-state index contributed by atoms with van der Waals surface area (Å²) in [5, 5.41) is 11.0. The van der Waals surface area contributed by atoms with Crippen LogP contribution in [0.15, 0.2) is 78.9 Å². The van der Waals surface area contributed by atoms with E-state index < -0.39 is 0 Å². The van der Waals surface area contributed by atoms with Crippen LogP contribution < -0.4 is 5.32 Å². The Morgan fingerprint density at radius 2 is 1.50 bits per heavy atom. The van der Waals surface area contributed by atoms with Crippen molar-refractivity contribution in [3.8, 4) is 22.5 Å². The standard InChI is InChI=1S/C28H23FN4O/c1-17-3-7-19(8-4-17)16-30-28(34)23-15-24(20-9-5-18(2)6-10-20)31-27-25(23)26(32-33-27)21-11-13-22(29)14-12-21/h3-15H,16H2,1-2H3,(H,30,34)(H,31,32,33). The van der Waals surface area contributed by atoms with E-state index in [0.717, 1.165) is 27.8 Å². The van der Waals surface area contributed by atoms with Gasteiger partial charge in [-0.2, -0.15) is 5.10 Å². The van der Waals surface area contributed by atoms with Gasteiger partial charge in [0.05, 0.1) is 22.3 Å². The Labute approximate surface area is 196 Å². The van der Waals surface area contributed by atoms with Crippen LogP contribution in [0, 0.1) is 19.7 Å². The number of nitrogens with zero attached hydrogens (tertiary/aromatic N) is 2.